The number of hydrogen-bond acceptors (Lipinski definition) is 0. The zero-order valence-electron chi connectivity index (χ0n) is 5.78. The van der Waals surface area contributed by atoms with Crippen LogP contribution in [0.1, 0.15) is 0 Å². The van der Waals surface area contributed by atoms with E-state index in [2.05, 4.69) is 0 Å². The minimum atomic E-state index is -4.65. The van der Waals surface area contributed by atoms with E-state index in [4.69, 9.17) is 0 Å². The fourth-order valence-corrected chi connectivity index (χ4v) is 4.73. The fourth-order valence-electron chi connectivity index (χ4n) is 0.253. The van der Waals surface area contributed by atoms with Gasteiger partial charge in [-0.15, -0.1) is 0 Å². The van der Waals surface area contributed by atoms with Crippen molar-refractivity contribution in [3.8, 4) is 0 Å². The molecule has 0 spiro atoms. The first-order chi connectivity index (χ1) is 4.65. The van der Waals surface area contributed by atoms with Crippen LogP contribution in [0.4, 0.5) is 22.0 Å². The quantitative estimate of drug-likeness (QED) is 0.541. The van der Waals surface area contributed by atoms with Crippen LogP contribution in [0.5, 0.6) is 0 Å². The molecule has 0 aliphatic rings. The van der Waals surface area contributed by atoms with Gasteiger partial charge < -0.3 is 0 Å². The van der Waals surface area contributed by atoms with Crippen molar-refractivity contribution in [3.05, 3.63) is 0 Å². The summed E-state index contributed by atoms with van der Waals surface area (Å²) in [4.78, 5) is -4.65. The van der Waals surface area contributed by atoms with Gasteiger partial charge in [0, 0.05) is 0 Å². The first kappa shape index (κ1) is 11.8. The van der Waals surface area contributed by atoms with Crippen LogP contribution in [0.25, 0.3) is 0 Å². The third-order valence-electron chi connectivity index (χ3n) is 0.799. The molecule has 0 nitrogen and oxygen atoms in total. The van der Waals surface area contributed by atoms with Gasteiger partial charge in [0.05, 0.1) is 0 Å². The van der Waals surface area contributed by atoms with Gasteiger partial charge >= 0.3 is 72.2 Å². The summed E-state index contributed by atoms with van der Waals surface area (Å²) in [5.41, 5.74) is 2.46. The van der Waals surface area contributed by atoms with Gasteiger partial charge in [0.25, 0.3) is 0 Å². The zero-order valence-corrected chi connectivity index (χ0v) is 9.54. The number of rotatable bonds is 2. The van der Waals surface area contributed by atoms with E-state index in [9.17, 15) is 22.0 Å². The first-order valence-corrected chi connectivity index (χ1v) is 9.08. The summed E-state index contributed by atoms with van der Waals surface area (Å²) < 4.78 is 55.9. The Bertz CT molecular complexity index is 129. The second kappa shape index (κ2) is 3.65. The van der Waals surface area contributed by atoms with Crippen molar-refractivity contribution >= 4 is 30.4 Å². The summed E-state index contributed by atoms with van der Waals surface area (Å²) >= 11 is -5.38. The molecule has 0 N–H and O–H groups in total. The summed E-state index contributed by atoms with van der Waals surface area (Å²) in [6.45, 7) is 0. The summed E-state index contributed by atoms with van der Waals surface area (Å²) in [7, 11) is 0. The maximum absolute atomic E-state index is 12.4. The normalized spacial score (nSPS) is 15.3. The van der Waals surface area contributed by atoms with Gasteiger partial charge in [0.1, 0.15) is 0 Å². The SMILES string of the molecule is C[As](C)C(F)(F)[As]C(F)(F)F. The van der Waals surface area contributed by atoms with Gasteiger partial charge in [-0.2, -0.15) is 0 Å². The van der Waals surface area contributed by atoms with E-state index in [1.807, 2.05) is 0 Å². The van der Waals surface area contributed by atoms with Gasteiger partial charge in [-0.1, -0.05) is 0 Å². The topological polar surface area (TPSA) is 0 Å². The molecule has 0 aliphatic carbocycles. The molecular formula is C4H6As2F5. The summed E-state index contributed by atoms with van der Waals surface area (Å²) in [6.07, 6.45) is 0. The molecule has 67 valence electrons. The van der Waals surface area contributed by atoms with Gasteiger partial charge in [-0.05, 0) is 0 Å². The van der Waals surface area contributed by atoms with Gasteiger partial charge in [0.15, 0.2) is 0 Å². The zero-order chi connectivity index (χ0) is 9.28. The van der Waals surface area contributed by atoms with Gasteiger partial charge in [-0.3, -0.25) is 0 Å². The molecule has 0 fully saturated rings. The van der Waals surface area contributed by atoms with E-state index in [1.54, 1.807) is 0 Å². The molecule has 0 aliphatic heterocycles. The molecule has 0 heterocycles. The molecule has 0 saturated carbocycles. The van der Waals surface area contributed by atoms with E-state index in [1.165, 1.54) is 11.4 Å². The molecular weight excluding hydrogens is 293 g/mol. The van der Waals surface area contributed by atoms with Crippen LogP contribution in [0.2, 0.25) is 11.4 Å². The molecule has 0 rings (SSSR count). The first-order valence-electron chi connectivity index (χ1n) is 2.51. The molecule has 7 heteroatoms. The number of halogens is 5. The van der Waals surface area contributed by atoms with Crippen molar-refractivity contribution in [3.63, 3.8) is 0 Å². The van der Waals surface area contributed by atoms with E-state index in [0.29, 0.717) is 0 Å². The van der Waals surface area contributed by atoms with Crippen molar-refractivity contribution in [1.29, 1.82) is 0 Å². The van der Waals surface area contributed by atoms with Crippen molar-refractivity contribution in [1.82, 2.24) is 0 Å². The Balaban J connectivity index is 4.13. The van der Waals surface area contributed by atoms with Gasteiger partial charge in [0.2, 0.25) is 0 Å². The number of hydrogen-bond donors (Lipinski definition) is 0. The molecule has 0 atom stereocenters. The average molecular weight is 299 g/mol. The molecule has 0 unspecified atom stereocenters. The van der Waals surface area contributed by atoms with Crippen molar-refractivity contribution < 1.29 is 22.0 Å². The molecule has 0 saturated heterocycles. The third-order valence-corrected chi connectivity index (χ3v) is 9.60. The van der Waals surface area contributed by atoms with Crippen LogP contribution in [-0.2, 0) is 0 Å². The molecule has 0 amide bonds. The molecule has 0 bridgehead atoms. The Morgan fingerprint density at radius 1 is 1.00 bits per heavy atom. The van der Waals surface area contributed by atoms with E-state index < -0.39 is 38.9 Å². The third kappa shape index (κ3) is 5.08. The van der Waals surface area contributed by atoms with Crippen LogP contribution in [0.15, 0.2) is 0 Å². The van der Waals surface area contributed by atoms with Crippen molar-refractivity contribution in [2.24, 2.45) is 0 Å². The van der Waals surface area contributed by atoms with E-state index in [0.717, 1.165) is 0 Å². The maximum atomic E-state index is 12.4. The Kier molecular flexibility index (Phi) is 3.91. The summed E-state index contributed by atoms with van der Waals surface area (Å²) in [6, 6.07) is 0. The molecule has 0 aromatic heterocycles. The molecule has 0 aromatic carbocycles. The van der Waals surface area contributed by atoms with E-state index >= 15 is 0 Å². The average Bonchev–Trinajstić information content (AvgIpc) is 1.56. The Labute approximate surface area is 72.5 Å². The Morgan fingerprint density at radius 3 is 1.45 bits per heavy atom. The predicted octanol–water partition coefficient (Wildman–Crippen LogP) is 2.10. The summed E-state index contributed by atoms with van der Waals surface area (Å²) in [5, 5.41) is 0. The van der Waals surface area contributed by atoms with Crippen LogP contribution < -0.4 is 0 Å². The minimum absolute atomic E-state index is 1.23. The van der Waals surface area contributed by atoms with E-state index in [-0.39, 0.29) is 0 Å². The van der Waals surface area contributed by atoms with Crippen molar-refractivity contribution in [2.75, 3.05) is 0 Å². The van der Waals surface area contributed by atoms with Crippen LogP contribution in [-0.4, -0.2) is 38.9 Å². The summed E-state index contributed by atoms with van der Waals surface area (Å²) in [5.74, 6) is 0. The predicted molar refractivity (Wildman–Crippen MR) is 34.2 cm³/mol. The molecule has 0 aromatic rings. The molecule has 11 heavy (non-hydrogen) atoms. The second-order valence-electron chi connectivity index (χ2n) is 1.98. The van der Waals surface area contributed by atoms with Crippen LogP contribution in [0, 0.1) is 0 Å². The fraction of sp³-hybridized carbons (Fsp3) is 1.00. The number of alkyl halides is 5. The van der Waals surface area contributed by atoms with Crippen LogP contribution >= 0.6 is 0 Å². The van der Waals surface area contributed by atoms with Crippen LogP contribution in [0.3, 0.4) is 0 Å². The monoisotopic (exact) mass is 299 g/mol. The van der Waals surface area contributed by atoms with Crippen molar-refractivity contribution in [2.45, 2.75) is 19.9 Å². The standard InChI is InChI=1S/C4H6As2F5/c1-6(2)3(7,8)5-4(9,10)11/h1-2H3. The second-order valence-corrected chi connectivity index (χ2v) is 11.3. The molecule has 1 radical (unpaired) electrons. The Hall–Kier alpha value is 0.767. The Morgan fingerprint density at radius 2 is 1.36 bits per heavy atom. The van der Waals surface area contributed by atoms with Gasteiger partial charge in [-0.25, -0.2) is 0 Å².